The molecule has 0 aromatic carbocycles. The summed E-state index contributed by atoms with van der Waals surface area (Å²) in [6, 6.07) is 0. The zero-order valence-corrected chi connectivity index (χ0v) is 10.2. The van der Waals surface area contributed by atoms with Gasteiger partial charge in [0.1, 0.15) is 0 Å². The van der Waals surface area contributed by atoms with Crippen molar-refractivity contribution in [3.63, 3.8) is 0 Å². The summed E-state index contributed by atoms with van der Waals surface area (Å²) in [6.07, 6.45) is 1.16. The van der Waals surface area contributed by atoms with Crippen LogP contribution in [-0.2, 0) is 0 Å². The quantitative estimate of drug-likeness (QED) is 0.581. The molecule has 3 N–H and O–H groups in total. The first-order valence-electron chi connectivity index (χ1n) is 5.81. The van der Waals surface area contributed by atoms with Crippen molar-refractivity contribution in [2.45, 2.75) is 40.3 Å². The van der Waals surface area contributed by atoms with Crippen LogP contribution < -0.4 is 11.1 Å². The minimum absolute atomic E-state index is 0.160. The standard InChI is InChI=1S/C11H27N3/c1-5-11(12)13-7-8-14(6-2)9-10(3)4/h10-11,13H,5-9,12H2,1-4H3. The molecule has 14 heavy (non-hydrogen) atoms. The normalized spacial score (nSPS) is 13.9. The summed E-state index contributed by atoms with van der Waals surface area (Å²) in [7, 11) is 0. The summed E-state index contributed by atoms with van der Waals surface area (Å²) >= 11 is 0. The summed E-state index contributed by atoms with van der Waals surface area (Å²) in [5.74, 6) is 0.745. The van der Waals surface area contributed by atoms with E-state index in [9.17, 15) is 0 Å². The molecule has 0 rings (SSSR count). The first kappa shape index (κ1) is 13.9. The van der Waals surface area contributed by atoms with Gasteiger partial charge in [-0.05, 0) is 18.9 Å². The lowest BCUT2D eigenvalue weighted by Crippen LogP contribution is -2.42. The summed E-state index contributed by atoms with van der Waals surface area (Å²) in [5, 5.41) is 3.31. The largest absolute Gasteiger partial charge is 0.316 e. The molecular weight excluding hydrogens is 174 g/mol. The van der Waals surface area contributed by atoms with Crippen LogP contribution >= 0.6 is 0 Å². The average molecular weight is 201 g/mol. The Labute approximate surface area is 89.0 Å². The van der Waals surface area contributed by atoms with Crippen molar-refractivity contribution < 1.29 is 0 Å². The maximum atomic E-state index is 5.77. The maximum absolute atomic E-state index is 5.77. The van der Waals surface area contributed by atoms with Gasteiger partial charge in [-0.2, -0.15) is 0 Å². The predicted octanol–water partition coefficient (Wildman–Crippen LogP) is 1.25. The van der Waals surface area contributed by atoms with Crippen molar-refractivity contribution in [1.29, 1.82) is 0 Å². The molecule has 0 bridgehead atoms. The third-order valence-corrected chi connectivity index (χ3v) is 2.34. The van der Waals surface area contributed by atoms with Crippen molar-refractivity contribution in [3.8, 4) is 0 Å². The van der Waals surface area contributed by atoms with Gasteiger partial charge in [-0.25, -0.2) is 0 Å². The van der Waals surface area contributed by atoms with Crippen LogP contribution in [0.4, 0.5) is 0 Å². The second-order valence-electron chi connectivity index (χ2n) is 4.26. The molecule has 0 spiro atoms. The number of nitrogens with two attached hydrogens (primary N) is 1. The molecule has 0 saturated heterocycles. The van der Waals surface area contributed by atoms with Crippen molar-refractivity contribution in [2.24, 2.45) is 11.7 Å². The van der Waals surface area contributed by atoms with Gasteiger partial charge in [0.2, 0.25) is 0 Å². The van der Waals surface area contributed by atoms with Gasteiger partial charge in [-0.3, -0.25) is 0 Å². The molecule has 86 valence electrons. The zero-order chi connectivity index (χ0) is 11.0. The van der Waals surface area contributed by atoms with E-state index in [4.69, 9.17) is 5.73 Å². The fourth-order valence-electron chi connectivity index (χ4n) is 1.45. The van der Waals surface area contributed by atoms with Crippen LogP contribution in [0.2, 0.25) is 0 Å². The van der Waals surface area contributed by atoms with Crippen LogP contribution in [0.1, 0.15) is 34.1 Å². The van der Waals surface area contributed by atoms with Crippen LogP contribution in [0.5, 0.6) is 0 Å². The van der Waals surface area contributed by atoms with E-state index in [0.717, 1.165) is 32.0 Å². The Morgan fingerprint density at radius 1 is 1.29 bits per heavy atom. The number of rotatable bonds is 8. The SMILES string of the molecule is CCC(N)NCCN(CC)CC(C)C. The number of nitrogens with zero attached hydrogens (tertiary/aromatic N) is 1. The molecular formula is C11H27N3. The molecule has 0 saturated carbocycles. The first-order chi connectivity index (χ1) is 6.60. The summed E-state index contributed by atoms with van der Waals surface area (Å²) in [4.78, 5) is 2.46. The van der Waals surface area contributed by atoms with E-state index in [1.54, 1.807) is 0 Å². The Kier molecular flexibility index (Phi) is 8.14. The maximum Gasteiger partial charge on any atom is 0.0544 e. The summed E-state index contributed by atoms with van der Waals surface area (Å²) in [6.45, 7) is 13.2. The van der Waals surface area contributed by atoms with Crippen molar-refractivity contribution in [2.75, 3.05) is 26.2 Å². The Balaban J connectivity index is 3.52. The second-order valence-corrected chi connectivity index (χ2v) is 4.26. The Hall–Kier alpha value is -0.120. The van der Waals surface area contributed by atoms with Crippen LogP contribution in [0.25, 0.3) is 0 Å². The van der Waals surface area contributed by atoms with Gasteiger partial charge in [0.25, 0.3) is 0 Å². The molecule has 0 aliphatic carbocycles. The van der Waals surface area contributed by atoms with Crippen LogP contribution in [0.3, 0.4) is 0 Å². The smallest absolute Gasteiger partial charge is 0.0544 e. The fourth-order valence-corrected chi connectivity index (χ4v) is 1.45. The minimum atomic E-state index is 0.160. The highest BCUT2D eigenvalue weighted by atomic mass is 15.1. The highest BCUT2D eigenvalue weighted by Gasteiger charge is 2.05. The van der Waals surface area contributed by atoms with Crippen molar-refractivity contribution in [3.05, 3.63) is 0 Å². The lowest BCUT2D eigenvalue weighted by Gasteiger charge is -2.23. The third kappa shape index (κ3) is 7.30. The van der Waals surface area contributed by atoms with Gasteiger partial charge >= 0.3 is 0 Å². The highest BCUT2D eigenvalue weighted by Crippen LogP contribution is 1.97. The number of nitrogens with one attached hydrogen (secondary N) is 1. The van der Waals surface area contributed by atoms with E-state index in [1.165, 1.54) is 6.54 Å². The molecule has 0 radical (unpaired) electrons. The molecule has 3 heteroatoms. The van der Waals surface area contributed by atoms with Crippen LogP contribution in [0, 0.1) is 5.92 Å². The predicted molar refractivity (Wildman–Crippen MR) is 63.2 cm³/mol. The molecule has 1 atom stereocenters. The number of hydrogen-bond donors (Lipinski definition) is 2. The number of hydrogen-bond acceptors (Lipinski definition) is 3. The lowest BCUT2D eigenvalue weighted by molar-refractivity contribution is 0.252. The molecule has 3 nitrogen and oxygen atoms in total. The van der Waals surface area contributed by atoms with Crippen molar-refractivity contribution >= 4 is 0 Å². The Morgan fingerprint density at radius 2 is 1.93 bits per heavy atom. The van der Waals surface area contributed by atoms with Gasteiger partial charge in [-0.15, -0.1) is 0 Å². The lowest BCUT2D eigenvalue weighted by atomic mass is 10.2. The van der Waals surface area contributed by atoms with Crippen LogP contribution in [-0.4, -0.2) is 37.2 Å². The van der Waals surface area contributed by atoms with E-state index in [0.29, 0.717) is 0 Å². The van der Waals surface area contributed by atoms with E-state index >= 15 is 0 Å². The molecule has 0 aliphatic heterocycles. The van der Waals surface area contributed by atoms with Gasteiger partial charge < -0.3 is 16.0 Å². The van der Waals surface area contributed by atoms with Crippen LogP contribution in [0.15, 0.2) is 0 Å². The molecule has 1 unspecified atom stereocenters. The topological polar surface area (TPSA) is 41.3 Å². The van der Waals surface area contributed by atoms with E-state index in [1.807, 2.05) is 0 Å². The molecule has 0 aromatic rings. The Morgan fingerprint density at radius 3 is 2.36 bits per heavy atom. The summed E-state index contributed by atoms with van der Waals surface area (Å²) < 4.78 is 0. The molecule has 0 aromatic heterocycles. The molecule has 0 amide bonds. The fraction of sp³-hybridized carbons (Fsp3) is 1.00. The second kappa shape index (κ2) is 8.21. The minimum Gasteiger partial charge on any atom is -0.316 e. The van der Waals surface area contributed by atoms with Gasteiger partial charge in [0, 0.05) is 19.6 Å². The monoisotopic (exact) mass is 201 g/mol. The van der Waals surface area contributed by atoms with E-state index in [2.05, 4.69) is 37.9 Å². The molecule has 0 fully saturated rings. The zero-order valence-electron chi connectivity index (χ0n) is 10.2. The van der Waals surface area contributed by atoms with Gasteiger partial charge in [0.05, 0.1) is 6.17 Å². The van der Waals surface area contributed by atoms with E-state index in [-0.39, 0.29) is 6.17 Å². The van der Waals surface area contributed by atoms with Gasteiger partial charge in [-0.1, -0.05) is 27.7 Å². The Bertz CT molecular complexity index is 126. The van der Waals surface area contributed by atoms with Gasteiger partial charge in [0.15, 0.2) is 0 Å². The first-order valence-corrected chi connectivity index (χ1v) is 5.81. The molecule has 0 aliphatic rings. The highest BCUT2D eigenvalue weighted by molar-refractivity contribution is 4.62. The average Bonchev–Trinajstić information content (AvgIpc) is 2.15. The third-order valence-electron chi connectivity index (χ3n) is 2.34. The molecule has 0 heterocycles. The van der Waals surface area contributed by atoms with E-state index < -0.39 is 0 Å². The van der Waals surface area contributed by atoms with Crippen molar-refractivity contribution in [1.82, 2.24) is 10.2 Å². The number of likely N-dealkylation sites (N-methyl/N-ethyl adjacent to an activating group) is 1. The summed E-state index contributed by atoms with van der Waals surface area (Å²) in [5.41, 5.74) is 5.77.